The zero-order valence-corrected chi connectivity index (χ0v) is 12.5. The topological polar surface area (TPSA) is 65.2 Å². The smallest absolute Gasteiger partial charge is 0.248 e. The summed E-state index contributed by atoms with van der Waals surface area (Å²) in [6.45, 7) is 1.98. The summed E-state index contributed by atoms with van der Waals surface area (Å²) >= 11 is 0. The molecule has 0 saturated carbocycles. The Morgan fingerprint density at radius 3 is 2.59 bits per heavy atom. The van der Waals surface area contributed by atoms with Gasteiger partial charge in [-0.1, -0.05) is 24.3 Å². The molecule has 1 aromatic heterocycles. The Morgan fingerprint density at radius 2 is 1.86 bits per heavy atom. The van der Waals surface area contributed by atoms with Crippen LogP contribution in [0.3, 0.4) is 0 Å². The molecule has 0 radical (unpaired) electrons. The zero-order valence-electron chi connectivity index (χ0n) is 12.5. The second kappa shape index (κ2) is 5.48. The number of carbonyl (C=O) groups is 1. The molecule has 2 N–H and O–H groups in total. The van der Waals surface area contributed by atoms with E-state index < -0.39 is 5.91 Å². The van der Waals surface area contributed by atoms with Crippen LogP contribution in [0.15, 0.2) is 48.5 Å². The Labute approximate surface area is 128 Å². The second-order valence-electron chi connectivity index (χ2n) is 5.13. The summed E-state index contributed by atoms with van der Waals surface area (Å²) in [6.07, 6.45) is 0. The number of rotatable bonds is 3. The number of pyridine rings is 1. The van der Waals surface area contributed by atoms with E-state index in [1.807, 2.05) is 43.3 Å². The van der Waals surface area contributed by atoms with Gasteiger partial charge in [0.2, 0.25) is 11.8 Å². The Balaban J connectivity index is 2.29. The molecule has 0 unspecified atom stereocenters. The highest BCUT2D eigenvalue weighted by Gasteiger charge is 2.13. The van der Waals surface area contributed by atoms with Crippen molar-refractivity contribution in [1.29, 1.82) is 0 Å². The number of amides is 1. The minimum atomic E-state index is -0.450. The Bertz CT molecular complexity index is 872. The van der Waals surface area contributed by atoms with E-state index >= 15 is 0 Å². The van der Waals surface area contributed by atoms with Gasteiger partial charge in [-0.3, -0.25) is 4.79 Å². The second-order valence-corrected chi connectivity index (χ2v) is 5.13. The largest absolute Gasteiger partial charge is 0.481 e. The predicted octanol–water partition coefficient (Wildman–Crippen LogP) is 3.32. The van der Waals surface area contributed by atoms with E-state index in [0.717, 1.165) is 27.6 Å². The molecule has 3 aromatic rings. The lowest BCUT2D eigenvalue weighted by Crippen LogP contribution is -2.11. The summed E-state index contributed by atoms with van der Waals surface area (Å²) in [5, 5.41) is 1.02. The van der Waals surface area contributed by atoms with E-state index in [-0.39, 0.29) is 0 Å². The number of nitrogens with two attached hydrogens (primary N) is 1. The van der Waals surface area contributed by atoms with Crippen LogP contribution in [-0.4, -0.2) is 18.0 Å². The number of aromatic nitrogens is 1. The van der Waals surface area contributed by atoms with Crippen molar-refractivity contribution in [3.05, 3.63) is 59.7 Å². The van der Waals surface area contributed by atoms with E-state index in [1.54, 1.807) is 19.2 Å². The van der Waals surface area contributed by atoms with Crippen molar-refractivity contribution >= 4 is 16.8 Å². The Kier molecular flexibility index (Phi) is 3.51. The fraction of sp³-hybridized carbons (Fsp3) is 0.111. The molecule has 0 atom stereocenters. The van der Waals surface area contributed by atoms with Crippen LogP contribution in [0, 0.1) is 6.92 Å². The average Bonchev–Trinajstić information content (AvgIpc) is 2.53. The molecule has 2 aromatic carbocycles. The number of hydrogen-bond acceptors (Lipinski definition) is 3. The van der Waals surface area contributed by atoms with Gasteiger partial charge in [-0.05, 0) is 42.3 Å². The first kappa shape index (κ1) is 14.1. The van der Waals surface area contributed by atoms with Gasteiger partial charge in [-0.15, -0.1) is 0 Å². The summed E-state index contributed by atoms with van der Waals surface area (Å²) in [5.74, 6) is 0.0809. The number of carbonyl (C=O) groups excluding carboxylic acids is 1. The minimum absolute atomic E-state index is 0.450. The standard InChI is InChI=1S/C18H16N2O2/c1-11-7-8-13(17(19)21)10-14(11)15-9-12-5-3-4-6-16(12)20-18(15)22-2/h3-10H,1-2H3,(H2,19,21). The third-order valence-electron chi connectivity index (χ3n) is 3.69. The predicted molar refractivity (Wildman–Crippen MR) is 87.0 cm³/mol. The van der Waals surface area contributed by atoms with Crippen LogP contribution >= 0.6 is 0 Å². The van der Waals surface area contributed by atoms with Crippen molar-refractivity contribution < 1.29 is 9.53 Å². The maximum Gasteiger partial charge on any atom is 0.248 e. The molecule has 110 valence electrons. The molecular weight excluding hydrogens is 276 g/mol. The van der Waals surface area contributed by atoms with E-state index in [2.05, 4.69) is 4.98 Å². The molecule has 0 aliphatic carbocycles. The van der Waals surface area contributed by atoms with Crippen molar-refractivity contribution in [1.82, 2.24) is 4.98 Å². The van der Waals surface area contributed by atoms with Crippen LogP contribution in [0.4, 0.5) is 0 Å². The highest BCUT2D eigenvalue weighted by Crippen LogP contribution is 2.34. The molecule has 1 amide bonds. The molecule has 4 heteroatoms. The number of aryl methyl sites for hydroxylation is 1. The fourth-order valence-corrected chi connectivity index (χ4v) is 2.51. The summed E-state index contributed by atoms with van der Waals surface area (Å²) in [6, 6.07) is 15.2. The lowest BCUT2D eigenvalue weighted by atomic mass is 9.97. The van der Waals surface area contributed by atoms with Gasteiger partial charge >= 0.3 is 0 Å². The molecule has 4 nitrogen and oxygen atoms in total. The quantitative estimate of drug-likeness (QED) is 0.805. The lowest BCUT2D eigenvalue weighted by molar-refractivity contribution is 0.100. The zero-order chi connectivity index (χ0) is 15.7. The van der Waals surface area contributed by atoms with E-state index in [0.29, 0.717) is 11.4 Å². The van der Waals surface area contributed by atoms with Crippen molar-refractivity contribution in [3.63, 3.8) is 0 Å². The van der Waals surface area contributed by atoms with Crippen molar-refractivity contribution in [2.24, 2.45) is 5.73 Å². The summed E-state index contributed by atoms with van der Waals surface area (Å²) in [4.78, 5) is 16.0. The van der Waals surface area contributed by atoms with E-state index in [1.165, 1.54) is 0 Å². The number of benzene rings is 2. The number of nitrogens with zero attached hydrogens (tertiary/aromatic N) is 1. The summed E-state index contributed by atoms with van der Waals surface area (Å²) in [5.41, 5.74) is 9.49. The highest BCUT2D eigenvalue weighted by atomic mass is 16.5. The van der Waals surface area contributed by atoms with Crippen LogP contribution in [0.2, 0.25) is 0 Å². The molecule has 1 heterocycles. The molecular formula is C18H16N2O2. The molecule has 3 rings (SSSR count). The van der Waals surface area contributed by atoms with Gasteiger partial charge in [0.1, 0.15) is 0 Å². The van der Waals surface area contributed by atoms with Crippen molar-refractivity contribution in [2.75, 3.05) is 7.11 Å². The first-order valence-corrected chi connectivity index (χ1v) is 6.95. The van der Waals surface area contributed by atoms with Crippen molar-refractivity contribution in [2.45, 2.75) is 6.92 Å². The van der Waals surface area contributed by atoms with Crippen LogP contribution in [0.5, 0.6) is 5.88 Å². The first-order valence-electron chi connectivity index (χ1n) is 6.95. The monoisotopic (exact) mass is 292 g/mol. The van der Waals surface area contributed by atoms with Crippen LogP contribution < -0.4 is 10.5 Å². The van der Waals surface area contributed by atoms with Gasteiger partial charge in [0.25, 0.3) is 0 Å². The third kappa shape index (κ3) is 2.39. The highest BCUT2D eigenvalue weighted by molar-refractivity contribution is 5.95. The third-order valence-corrected chi connectivity index (χ3v) is 3.69. The molecule has 0 aliphatic heterocycles. The number of fused-ring (bicyclic) bond motifs is 1. The molecule has 22 heavy (non-hydrogen) atoms. The van der Waals surface area contributed by atoms with E-state index in [4.69, 9.17) is 10.5 Å². The SMILES string of the molecule is COc1nc2ccccc2cc1-c1cc(C(N)=O)ccc1C. The van der Waals surface area contributed by atoms with Gasteiger partial charge in [0.05, 0.1) is 12.6 Å². The lowest BCUT2D eigenvalue weighted by Gasteiger charge is -2.12. The minimum Gasteiger partial charge on any atom is -0.481 e. The Morgan fingerprint density at radius 1 is 1.09 bits per heavy atom. The fourth-order valence-electron chi connectivity index (χ4n) is 2.51. The van der Waals surface area contributed by atoms with Crippen molar-refractivity contribution in [3.8, 4) is 17.0 Å². The maximum absolute atomic E-state index is 11.4. The number of para-hydroxylation sites is 1. The number of methoxy groups -OCH3 is 1. The van der Waals surface area contributed by atoms with Gasteiger partial charge in [0, 0.05) is 16.5 Å². The summed E-state index contributed by atoms with van der Waals surface area (Å²) in [7, 11) is 1.59. The van der Waals surface area contributed by atoms with Crippen LogP contribution in [0.1, 0.15) is 15.9 Å². The Hall–Kier alpha value is -2.88. The average molecular weight is 292 g/mol. The maximum atomic E-state index is 11.4. The molecule has 0 fully saturated rings. The number of ether oxygens (including phenoxy) is 1. The van der Waals surface area contributed by atoms with Gasteiger partial charge in [-0.2, -0.15) is 0 Å². The van der Waals surface area contributed by atoms with E-state index in [9.17, 15) is 4.79 Å². The number of primary amides is 1. The van der Waals surface area contributed by atoms with Crippen LogP contribution in [-0.2, 0) is 0 Å². The molecule has 0 aliphatic rings. The summed E-state index contributed by atoms with van der Waals surface area (Å²) < 4.78 is 5.44. The van der Waals surface area contributed by atoms with Crippen LogP contribution in [0.25, 0.3) is 22.0 Å². The molecule has 0 bridgehead atoms. The van der Waals surface area contributed by atoms with Gasteiger partial charge in [0.15, 0.2) is 0 Å². The molecule has 0 spiro atoms. The normalized spacial score (nSPS) is 10.6. The van der Waals surface area contributed by atoms with Gasteiger partial charge in [-0.25, -0.2) is 4.98 Å². The number of hydrogen-bond donors (Lipinski definition) is 1. The first-order chi connectivity index (χ1) is 10.6. The molecule has 0 saturated heterocycles. The van der Waals surface area contributed by atoms with Gasteiger partial charge < -0.3 is 10.5 Å².